The van der Waals surface area contributed by atoms with Gasteiger partial charge in [0, 0.05) is 25.6 Å². The van der Waals surface area contributed by atoms with Gasteiger partial charge in [0.05, 0.1) is 11.0 Å². The highest BCUT2D eigenvalue weighted by Crippen LogP contribution is 2.19. The zero-order valence-electron chi connectivity index (χ0n) is 10.3. The van der Waals surface area contributed by atoms with Crippen molar-refractivity contribution < 1.29 is 9.18 Å². The van der Waals surface area contributed by atoms with Gasteiger partial charge in [-0.15, -0.1) is 0 Å². The van der Waals surface area contributed by atoms with Crippen molar-refractivity contribution in [2.75, 3.05) is 11.9 Å². The maximum atomic E-state index is 13.1. The fraction of sp³-hybridized carbons (Fsp3) is 0.333. The molecule has 1 heterocycles. The van der Waals surface area contributed by atoms with Crippen molar-refractivity contribution in [3.05, 3.63) is 24.0 Å². The van der Waals surface area contributed by atoms with Gasteiger partial charge in [-0.3, -0.25) is 10.1 Å². The molecular weight excluding hydrogens is 235 g/mol. The lowest BCUT2D eigenvalue weighted by Crippen LogP contribution is -2.27. The van der Waals surface area contributed by atoms with Gasteiger partial charge in [-0.1, -0.05) is 6.92 Å². The lowest BCUT2D eigenvalue weighted by molar-refractivity contribution is -0.119. The Labute approximate surface area is 104 Å². The average molecular weight is 250 g/mol. The van der Waals surface area contributed by atoms with Gasteiger partial charge in [-0.25, -0.2) is 9.37 Å². The van der Waals surface area contributed by atoms with Crippen LogP contribution in [0, 0.1) is 11.7 Å². The number of anilines is 1. The van der Waals surface area contributed by atoms with Gasteiger partial charge in [0.15, 0.2) is 0 Å². The molecule has 0 fully saturated rings. The highest BCUT2D eigenvalue weighted by atomic mass is 19.1. The first-order chi connectivity index (χ1) is 8.52. The van der Waals surface area contributed by atoms with Gasteiger partial charge in [-0.05, 0) is 12.1 Å². The Bertz CT molecular complexity index is 593. The zero-order valence-corrected chi connectivity index (χ0v) is 10.3. The van der Waals surface area contributed by atoms with Gasteiger partial charge >= 0.3 is 0 Å². The molecule has 1 aromatic heterocycles. The van der Waals surface area contributed by atoms with E-state index in [2.05, 4.69) is 10.3 Å². The summed E-state index contributed by atoms with van der Waals surface area (Å²) in [7, 11) is 1.76. The molecule has 2 aromatic rings. The van der Waals surface area contributed by atoms with E-state index in [4.69, 9.17) is 5.73 Å². The van der Waals surface area contributed by atoms with Crippen LogP contribution in [0.5, 0.6) is 0 Å². The summed E-state index contributed by atoms with van der Waals surface area (Å²) in [5.41, 5.74) is 6.69. The van der Waals surface area contributed by atoms with Gasteiger partial charge in [0.25, 0.3) is 0 Å². The van der Waals surface area contributed by atoms with Crippen LogP contribution in [0.25, 0.3) is 11.0 Å². The van der Waals surface area contributed by atoms with Crippen LogP contribution < -0.4 is 11.1 Å². The molecule has 0 aliphatic heterocycles. The maximum absolute atomic E-state index is 13.1. The van der Waals surface area contributed by atoms with Crippen LogP contribution in [0.2, 0.25) is 0 Å². The molecule has 0 aliphatic rings. The van der Waals surface area contributed by atoms with Crippen LogP contribution in [-0.4, -0.2) is 22.0 Å². The van der Waals surface area contributed by atoms with Crippen molar-refractivity contribution in [2.45, 2.75) is 6.92 Å². The number of halogens is 1. The lowest BCUT2D eigenvalue weighted by atomic mass is 10.2. The van der Waals surface area contributed by atoms with E-state index in [1.165, 1.54) is 12.1 Å². The number of nitrogens with one attached hydrogen (secondary N) is 1. The number of imidazole rings is 1. The van der Waals surface area contributed by atoms with Gasteiger partial charge in [-0.2, -0.15) is 0 Å². The first kappa shape index (κ1) is 12.5. The minimum Gasteiger partial charge on any atom is -0.330 e. The van der Waals surface area contributed by atoms with Crippen LogP contribution in [0.1, 0.15) is 6.92 Å². The van der Waals surface area contributed by atoms with E-state index < -0.39 is 0 Å². The molecule has 3 N–H and O–H groups in total. The summed E-state index contributed by atoms with van der Waals surface area (Å²) in [6, 6.07) is 4.31. The van der Waals surface area contributed by atoms with E-state index in [-0.39, 0.29) is 24.2 Å². The van der Waals surface area contributed by atoms with Crippen molar-refractivity contribution in [2.24, 2.45) is 18.7 Å². The molecule has 0 saturated heterocycles. The topological polar surface area (TPSA) is 72.9 Å². The smallest absolute Gasteiger partial charge is 0.230 e. The molecule has 1 atom stereocenters. The summed E-state index contributed by atoms with van der Waals surface area (Å²) in [6.07, 6.45) is 0. The normalized spacial score (nSPS) is 12.7. The number of rotatable bonds is 3. The molecule has 5 nitrogen and oxygen atoms in total. The van der Waals surface area contributed by atoms with E-state index in [0.29, 0.717) is 11.5 Å². The third kappa shape index (κ3) is 2.19. The summed E-state index contributed by atoms with van der Waals surface area (Å²) in [5, 5.41) is 2.68. The molecule has 96 valence electrons. The average Bonchev–Trinajstić information content (AvgIpc) is 2.64. The summed E-state index contributed by atoms with van der Waals surface area (Å²) < 4.78 is 14.8. The van der Waals surface area contributed by atoms with Crippen molar-refractivity contribution >= 4 is 22.9 Å². The quantitative estimate of drug-likeness (QED) is 0.861. The Morgan fingerprint density at radius 1 is 1.61 bits per heavy atom. The molecule has 2 rings (SSSR count). The minimum atomic E-state index is -0.353. The van der Waals surface area contributed by atoms with Crippen LogP contribution in [0.4, 0.5) is 10.3 Å². The third-order valence-corrected chi connectivity index (χ3v) is 2.88. The summed E-state index contributed by atoms with van der Waals surface area (Å²) in [6.45, 7) is 2.00. The Morgan fingerprint density at radius 2 is 2.33 bits per heavy atom. The highest BCUT2D eigenvalue weighted by molar-refractivity contribution is 5.93. The molecule has 1 amide bonds. The number of hydrogen-bond acceptors (Lipinski definition) is 3. The monoisotopic (exact) mass is 250 g/mol. The summed E-state index contributed by atoms with van der Waals surface area (Å²) in [4.78, 5) is 15.9. The molecule has 0 bridgehead atoms. The van der Waals surface area contributed by atoms with Crippen LogP contribution in [-0.2, 0) is 11.8 Å². The number of nitrogens with zero attached hydrogens (tertiary/aromatic N) is 2. The Kier molecular flexibility index (Phi) is 3.29. The van der Waals surface area contributed by atoms with E-state index in [1.807, 2.05) is 0 Å². The lowest BCUT2D eigenvalue weighted by Gasteiger charge is -2.09. The molecule has 0 aliphatic carbocycles. The predicted octanol–water partition coefficient (Wildman–Crippen LogP) is 1.25. The second kappa shape index (κ2) is 4.73. The highest BCUT2D eigenvalue weighted by Gasteiger charge is 2.15. The van der Waals surface area contributed by atoms with E-state index in [0.717, 1.165) is 5.52 Å². The van der Waals surface area contributed by atoms with E-state index in [1.54, 1.807) is 24.6 Å². The first-order valence-corrected chi connectivity index (χ1v) is 5.66. The number of aromatic nitrogens is 2. The number of hydrogen-bond donors (Lipinski definition) is 2. The number of fused-ring (bicyclic) bond motifs is 1. The molecule has 6 heteroatoms. The number of amides is 1. The first-order valence-electron chi connectivity index (χ1n) is 5.66. The molecular formula is C12H15FN4O. The van der Waals surface area contributed by atoms with Crippen LogP contribution in [0.15, 0.2) is 18.2 Å². The standard InChI is InChI=1S/C12H15FN4O/c1-7(6-14)11(18)16-12-15-9-5-8(13)3-4-10(9)17(12)2/h3-5,7H,6,14H2,1-2H3,(H,15,16,18). The SMILES string of the molecule is CC(CN)C(=O)Nc1nc2cc(F)ccc2n1C. The van der Waals surface area contributed by atoms with Crippen LogP contribution >= 0.6 is 0 Å². The van der Waals surface area contributed by atoms with Crippen molar-refractivity contribution in [1.82, 2.24) is 9.55 Å². The number of carbonyl (C=O) groups excluding carboxylic acids is 1. The molecule has 1 aromatic carbocycles. The van der Waals surface area contributed by atoms with Crippen molar-refractivity contribution in [3.8, 4) is 0 Å². The molecule has 1 unspecified atom stereocenters. The molecule has 0 radical (unpaired) electrons. The second-order valence-electron chi connectivity index (χ2n) is 4.25. The Hall–Kier alpha value is -1.95. The number of benzene rings is 1. The van der Waals surface area contributed by atoms with Gasteiger partial charge in [0.2, 0.25) is 11.9 Å². The minimum absolute atomic E-state index is 0.198. The largest absolute Gasteiger partial charge is 0.330 e. The number of aryl methyl sites for hydroxylation is 1. The predicted molar refractivity (Wildman–Crippen MR) is 67.5 cm³/mol. The Balaban J connectivity index is 2.34. The fourth-order valence-electron chi connectivity index (χ4n) is 1.63. The second-order valence-corrected chi connectivity index (χ2v) is 4.25. The Morgan fingerprint density at radius 3 is 3.00 bits per heavy atom. The van der Waals surface area contributed by atoms with Crippen molar-refractivity contribution in [1.29, 1.82) is 0 Å². The summed E-state index contributed by atoms with van der Waals surface area (Å²) in [5.74, 6) is -0.451. The molecule has 0 saturated carbocycles. The van der Waals surface area contributed by atoms with Crippen molar-refractivity contribution in [3.63, 3.8) is 0 Å². The van der Waals surface area contributed by atoms with Crippen LogP contribution in [0.3, 0.4) is 0 Å². The van der Waals surface area contributed by atoms with Gasteiger partial charge < -0.3 is 10.3 Å². The van der Waals surface area contributed by atoms with E-state index >= 15 is 0 Å². The number of nitrogens with two attached hydrogens (primary N) is 1. The number of carbonyl (C=O) groups is 1. The molecule has 0 spiro atoms. The van der Waals surface area contributed by atoms with Gasteiger partial charge in [0.1, 0.15) is 5.82 Å². The fourth-order valence-corrected chi connectivity index (χ4v) is 1.63. The zero-order chi connectivity index (χ0) is 13.3. The maximum Gasteiger partial charge on any atom is 0.230 e. The summed E-state index contributed by atoms with van der Waals surface area (Å²) >= 11 is 0. The van der Waals surface area contributed by atoms with E-state index in [9.17, 15) is 9.18 Å². The third-order valence-electron chi connectivity index (χ3n) is 2.88. The molecule has 18 heavy (non-hydrogen) atoms.